The van der Waals surface area contributed by atoms with Crippen molar-refractivity contribution in [2.75, 3.05) is 40.4 Å². The van der Waals surface area contributed by atoms with Crippen LogP contribution in [0, 0.1) is 17.8 Å². The molecule has 6 heteroatoms. The zero-order valence-electron chi connectivity index (χ0n) is 23.7. The van der Waals surface area contributed by atoms with Crippen molar-refractivity contribution in [3.05, 3.63) is 59.1 Å². The SMILES string of the molecule is CNC[C@@H](CC(=O)N1CCC[C@@H]([C@](O)(CCCCOC)c2ccccc2-c2ccccc2Cl)C1)CC(C)C. The molecule has 0 bridgehead atoms. The molecule has 3 atom stereocenters. The van der Waals surface area contributed by atoms with Crippen molar-refractivity contribution in [2.45, 2.75) is 64.4 Å². The molecule has 1 amide bonds. The quantitative estimate of drug-likeness (QED) is 0.267. The molecule has 0 saturated carbocycles. The summed E-state index contributed by atoms with van der Waals surface area (Å²) < 4.78 is 5.29. The molecule has 3 rings (SSSR count). The average molecular weight is 543 g/mol. The summed E-state index contributed by atoms with van der Waals surface area (Å²) in [7, 11) is 3.67. The Morgan fingerprint density at radius 2 is 1.87 bits per heavy atom. The fourth-order valence-corrected chi connectivity index (χ4v) is 6.38. The first kappa shape index (κ1) is 30.6. The van der Waals surface area contributed by atoms with Crippen LogP contribution < -0.4 is 5.32 Å². The summed E-state index contributed by atoms with van der Waals surface area (Å²) >= 11 is 6.63. The first-order valence-electron chi connectivity index (χ1n) is 14.3. The van der Waals surface area contributed by atoms with Crippen LogP contribution in [0.2, 0.25) is 5.02 Å². The van der Waals surface area contributed by atoms with E-state index < -0.39 is 5.60 Å². The van der Waals surface area contributed by atoms with E-state index in [-0.39, 0.29) is 11.8 Å². The number of hydrogen-bond acceptors (Lipinski definition) is 4. The summed E-state index contributed by atoms with van der Waals surface area (Å²) in [6, 6.07) is 15.9. The van der Waals surface area contributed by atoms with Crippen LogP contribution in [-0.4, -0.2) is 56.3 Å². The van der Waals surface area contributed by atoms with Crippen molar-refractivity contribution in [2.24, 2.45) is 17.8 Å². The molecule has 0 aliphatic carbocycles. The maximum Gasteiger partial charge on any atom is 0.222 e. The van der Waals surface area contributed by atoms with Crippen LogP contribution in [0.3, 0.4) is 0 Å². The third-order valence-corrected chi connectivity index (χ3v) is 8.25. The highest BCUT2D eigenvalue weighted by Gasteiger charge is 2.42. The van der Waals surface area contributed by atoms with Gasteiger partial charge in [-0.3, -0.25) is 4.79 Å². The van der Waals surface area contributed by atoms with Gasteiger partial charge in [-0.1, -0.05) is 67.9 Å². The van der Waals surface area contributed by atoms with Gasteiger partial charge in [0.05, 0.1) is 5.60 Å². The van der Waals surface area contributed by atoms with Crippen LogP contribution in [-0.2, 0) is 15.1 Å². The normalized spacial score (nSPS) is 18.4. The second kappa shape index (κ2) is 15.0. The number of likely N-dealkylation sites (tertiary alicyclic amines) is 1. The molecular weight excluding hydrogens is 496 g/mol. The lowest BCUT2D eigenvalue weighted by Gasteiger charge is -2.44. The van der Waals surface area contributed by atoms with Gasteiger partial charge in [-0.25, -0.2) is 0 Å². The lowest BCUT2D eigenvalue weighted by molar-refractivity contribution is -0.137. The van der Waals surface area contributed by atoms with Crippen molar-refractivity contribution in [1.29, 1.82) is 0 Å². The number of unbranched alkanes of at least 4 members (excludes halogenated alkanes) is 1. The summed E-state index contributed by atoms with van der Waals surface area (Å²) in [5.41, 5.74) is 1.71. The first-order chi connectivity index (χ1) is 18.3. The van der Waals surface area contributed by atoms with Crippen LogP contribution in [0.1, 0.15) is 64.4 Å². The van der Waals surface area contributed by atoms with Crippen LogP contribution in [0.5, 0.6) is 0 Å². The number of hydrogen-bond donors (Lipinski definition) is 2. The summed E-state index contributed by atoms with van der Waals surface area (Å²) in [5, 5.41) is 16.5. The van der Waals surface area contributed by atoms with E-state index in [9.17, 15) is 9.90 Å². The van der Waals surface area contributed by atoms with E-state index in [0.717, 1.165) is 61.9 Å². The highest BCUT2D eigenvalue weighted by molar-refractivity contribution is 6.33. The van der Waals surface area contributed by atoms with Crippen LogP contribution in [0.15, 0.2) is 48.5 Å². The molecule has 2 aromatic rings. The highest BCUT2D eigenvalue weighted by Crippen LogP contribution is 2.44. The number of amides is 1. The molecule has 0 unspecified atom stereocenters. The predicted octanol–water partition coefficient (Wildman–Crippen LogP) is 6.52. The third-order valence-electron chi connectivity index (χ3n) is 7.92. The van der Waals surface area contributed by atoms with Gasteiger partial charge in [0, 0.05) is 49.7 Å². The second-order valence-corrected chi connectivity index (χ2v) is 11.7. The standard InChI is InChI=1S/C32H47ClN2O3/c1-24(2)20-25(22-34-3)21-31(36)35-18-11-12-26(23-35)32(37,17-9-10-19-38-4)29-15-7-5-13-27(29)28-14-6-8-16-30(28)33/h5-8,13-16,24-26,34,37H,9-12,17-23H2,1-4H3/t25-,26-,32-/m1/s1. The number of halogens is 1. The number of ether oxygens (including phenoxy) is 1. The number of rotatable bonds is 14. The fraction of sp³-hybridized carbons (Fsp3) is 0.594. The third kappa shape index (κ3) is 8.05. The molecule has 1 aliphatic heterocycles. The molecule has 1 fully saturated rings. The Morgan fingerprint density at radius 1 is 1.16 bits per heavy atom. The van der Waals surface area contributed by atoms with Gasteiger partial charge in [-0.15, -0.1) is 0 Å². The molecule has 38 heavy (non-hydrogen) atoms. The molecule has 0 spiro atoms. The van der Waals surface area contributed by atoms with E-state index in [2.05, 4.69) is 25.2 Å². The van der Waals surface area contributed by atoms with Crippen molar-refractivity contribution in [3.8, 4) is 11.1 Å². The molecule has 1 heterocycles. The molecule has 1 aliphatic rings. The van der Waals surface area contributed by atoms with E-state index in [1.807, 2.05) is 54.4 Å². The monoisotopic (exact) mass is 542 g/mol. The van der Waals surface area contributed by atoms with E-state index in [1.165, 1.54) is 0 Å². The second-order valence-electron chi connectivity index (χ2n) is 11.3. The van der Waals surface area contributed by atoms with Gasteiger partial charge in [-0.2, -0.15) is 0 Å². The Bertz CT molecular complexity index is 1010. The Kier molecular flexibility index (Phi) is 12.1. The fourth-order valence-electron chi connectivity index (χ4n) is 6.14. The minimum atomic E-state index is -1.08. The van der Waals surface area contributed by atoms with Gasteiger partial charge in [0.2, 0.25) is 5.91 Å². The minimum Gasteiger partial charge on any atom is -0.385 e. The lowest BCUT2D eigenvalue weighted by Crippen LogP contribution is -2.48. The maximum absolute atomic E-state index is 13.5. The van der Waals surface area contributed by atoms with Crippen LogP contribution in [0.25, 0.3) is 11.1 Å². The number of piperidine rings is 1. The maximum atomic E-state index is 13.5. The van der Waals surface area contributed by atoms with Crippen molar-refractivity contribution >= 4 is 17.5 Å². The van der Waals surface area contributed by atoms with Gasteiger partial charge in [0.1, 0.15) is 0 Å². The number of methoxy groups -OCH3 is 1. The molecule has 5 nitrogen and oxygen atoms in total. The Hall–Kier alpha value is -1.92. The van der Waals surface area contributed by atoms with Crippen molar-refractivity contribution < 1.29 is 14.6 Å². The Morgan fingerprint density at radius 3 is 2.55 bits per heavy atom. The summed E-state index contributed by atoms with van der Waals surface area (Å²) in [4.78, 5) is 15.5. The highest BCUT2D eigenvalue weighted by atomic mass is 35.5. The molecule has 0 radical (unpaired) electrons. The molecule has 210 valence electrons. The van der Waals surface area contributed by atoms with E-state index in [4.69, 9.17) is 16.3 Å². The average Bonchev–Trinajstić information content (AvgIpc) is 2.91. The smallest absolute Gasteiger partial charge is 0.222 e. The van der Waals surface area contributed by atoms with E-state index in [0.29, 0.717) is 42.9 Å². The number of benzene rings is 2. The number of carbonyl (C=O) groups excluding carboxylic acids is 1. The van der Waals surface area contributed by atoms with E-state index in [1.54, 1.807) is 7.11 Å². The van der Waals surface area contributed by atoms with Gasteiger partial charge < -0.3 is 20.1 Å². The van der Waals surface area contributed by atoms with Crippen molar-refractivity contribution in [1.82, 2.24) is 10.2 Å². The Labute approximate surface area is 234 Å². The number of nitrogens with one attached hydrogen (secondary N) is 1. The van der Waals surface area contributed by atoms with Gasteiger partial charge in [-0.05, 0) is 81.1 Å². The van der Waals surface area contributed by atoms with Crippen molar-refractivity contribution in [3.63, 3.8) is 0 Å². The summed E-state index contributed by atoms with van der Waals surface area (Å²) in [6.07, 6.45) is 5.68. The molecular formula is C32H47ClN2O3. The van der Waals surface area contributed by atoms with Gasteiger partial charge in [0.15, 0.2) is 0 Å². The minimum absolute atomic E-state index is 0.0563. The van der Waals surface area contributed by atoms with Crippen LogP contribution in [0.4, 0.5) is 0 Å². The number of nitrogens with zero attached hydrogens (tertiary/aromatic N) is 1. The zero-order valence-corrected chi connectivity index (χ0v) is 24.5. The van der Waals surface area contributed by atoms with E-state index >= 15 is 0 Å². The Balaban J connectivity index is 1.90. The molecule has 2 N–H and O–H groups in total. The van der Waals surface area contributed by atoms with Gasteiger partial charge in [0.25, 0.3) is 0 Å². The number of aliphatic hydroxyl groups is 1. The lowest BCUT2D eigenvalue weighted by atomic mass is 9.72. The molecule has 2 aromatic carbocycles. The van der Waals surface area contributed by atoms with Gasteiger partial charge >= 0.3 is 0 Å². The zero-order chi connectivity index (χ0) is 27.5. The topological polar surface area (TPSA) is 61.8 Å². The van der Waals surface area contributed by atoms with Crippen LogP contribution >= 0.6 is 11.6 Å². The predicted molar refractivity (Wildman–Crippen MR) is 157 cm³/mol. The molecule has 0 aromatic heterocycles. The largest absolute Gasteiger partial charge is 0.385 e. The molecule has 1 saturated heterocycles. The first-order valence-corrected chi connectivity index (χ1v) is 14.7. The summed E-state index contributed by atoms with van der Waals surface area (Å²) in [5.74, 6) is 1.02. The number of carbonyl (C=O) groups is 1. The summed E-state index contributed by atoms with van der Waals surface area (Å²) in [6.45, 7) is 7.27.